The van der Waals surface area contributed by atoms with Gasteiger partial charge < -0.3 is 9.73 Å². The van der Waals surface area contributed by atoms with Gasteiger partial charge in [-0.3, -0.25) is 14.4 Å². The van der Waals surface area contributed by atoms with Gasteiger partial charge in [-0.2, -0.15) is 18.3 Å². The van der Waals surface area contributed by atoms with E-state index >= 15 is 0 Å². The molecule has 1 amide bonds. The largest absolute Gasteiger partial charge is 0.455 e. The van der Waals surface area contributed by atoms with E-state index in [1.54, 1.807) is 6.07 Å². The first-order valence-electron chi connectivity index (χ1n) is 10.6. The Hall–Kier alpha value is -2.29. The van der Waals surface area contributed by atoms with Crippen LogP contribution in [0, 0.1) is 0 Å². The maximum absolute atomic E-state index is 13.0. The zero-order valence-corrected chi connectivity index (χ0v) is 16.9. The van der Waals surface area contributed by atoms with E-state index in [0.717, 1.165) is 37.8 Å². The number of rotatable bonds is 8. The van der Waals surface area contributed by atoms with Gasteiger partial charge in [0.25, 0.3) is 5.91 Å². The van der Waals surface area contributed by atoms with Crippen molar-refractivity contribution in [3.63, 3.8) is 0 Å². The number of aromatic nitrogens is 2. The molecule has 1 N–H and O–H groups in total. The molecule has 0 radical (unpaired) electrons. The monoisotopic (exact) mass is 424 g/mol. The maximum Gasteiger partial charge on any atom is 0.435 e. The summed E-state index contributed by atoms with van der Waals surface area (Å²) in [5, 5.41) is 6.51. The minimum Gasteiger partial charge on any atom is -0.455 e. The van der Waals surface area contributed by atoms with Gasteiger partial charge in [-0.05, 0) is 63.4 Å². The zero-order valence-electron chi connectivity index (χ0n) is 16.9. The predicted octanol–water partition coefficient (Wildman–Crippen LogP) is 4.18. The number of piperidine rings is 1. The van der Waals surface area contributed by atoms with E-state index in [9.17, 15) is 18.0 Å². The fraction of sp³-hybridized carbons (Fsp3) is 0.619. The van der Waals surface area contributed by atoms with Crippen LogP contribution in [0.3, 0.4) is 0 Å². The first-order valence-corrected chi connectivity index (χ1v) is 10.6. The molecule has 1 aliphatic carbocycles. The third-order valence-corrected chi connectivity index (χ3v) is 5.64. The summed E-state index contributed by atoms with van der Waals surface area (Å²) in [4.78, 5) is 14.6. The zero-order chi connectivity index (χ0) is 21.1. The molecule has 2 aromatic heterocycles. The lowest BCUT2D eigenvalue weighted by Gasteiger charge is -2.25. The minimum absolute atomic E-state index is 0.171. The number of halogens is 3. The molecular weight excluding hydrogens is 397 g/mol. The van der Waals surface area contributed by atoms with E-state index < -0.39 is 11.9 Å². The van der Waals surface area contributed by atoms with Gasteiger partial charge in [0.2, 0.25) is 0 Å². The van der Waals surface area contributed by atoms with Gasteiger partial charge in [0.1, 0.15) is 5.76 Å². The summed E-state index contributed by atoms with van der Waals surface area (Å²) in [7, 11) is 0. The molecule has 2 aliphatic rings. The number of hydrogen-bond acceptors (Lipinski definition) is 4. The summed E-state index contributed by atoms with van der Waals surface area (Å²) in [6, 6.07) is 4.65. The van der Waals surface area contributed by atoms with Crippen molar-refractivity contribution in [1.29, 1.82) is 0 Å². The Kier molecular flexibility index (Phi) is 6.17. The van der Waals surface area contributed by atoms with Crippen LogP contribution in [0.1, 0.15) is 72.1 Å². The van der Waals surface area contributed by atoms with E-state index in [-0.39, 0.29) is 17.6 Å². The van der Waals surface area contributed by atoms with E-state index in [0.29, 0.717) is 31.7 Å². The molecule has 1 saturated heterocycles. The quantitative estimate of drug-likeness (QED) is 0.646. The number of alkyl halides is 3. The molecule has 30 heavy (non-hydrogen) atoms. The minimum atomic E-state index is -4.44. The molecule has 9 heteroatoms. The molecule has 4 rings (SSSR count). The Bertz CT molecular complexity index is 864. The van der Waals surface area contributed by atoms with Gasteiger partial charge in [-0.25, -0.2) is 0 Å². The Labute approximate surface area is 173 Å². The SMILES string of the molecule is O=C(NCCCn1nc(C(F)(F)F)cc1C1CC1)c1ccc(CN2CCCCC2)o1. The van der Waals surface area contributed by atoms with Crippen LogP contribution in [0.5, 0.6) is 0 Å². The normalized spacial score (nSPS) is 18.0. The van der Waals surface area contributed by atoms with Crippen molar-refractivity contribution in [3.05, 3.63) is 41.1 Å². The summed E-state index contributed by atoms with van der Waals surface area (Å²) in [5.41, 5.74) is -0.202. The van der Waals surface area contributed by atoms with Crippen LogP contribution in [0.25, 0.3) is 0 Å². The van der Waals surface area contributed by atoms with E-state index in [2.05, 4.69) is 15.3 Å². The Balaban J connectivity index is 1.25. The Morgan fingerprint density at radius 3 is 2.67 bits per heavy atom. The Morgan fingerprint density at radius 2 is 1.97 bits per heavy atom. The number of likely N-dealkylation sites (tertiary alicyclic amines) is 1. The molecule has 164 valence electrons. The van der Waals surface area contributed by atoms with Gasteiger partial charge in [0.05, 0.1) is 6.54 Å². The number of aryl methyl sites for hydroxylation is 1. The van der Waals surface area contributed by atoms with Crippen molar-refractivity contribution < 1.29 is 22.4 Å². The summed E-state index contributed by atoms with van der Waals surface area (Å²) < 4.78 is 46.0. The molecule has 0 spiro atoms. The van der Waals surface area contributed by atoms with Crippen LogP contribution >= 0.6 is 0 Å². The molecule has 0 bridgehead atoms. The maximum atomic E-state index is 13.0. The van der Waals surface area contributed by atoms with Crippen LogP contribution in [0.15, 0.2) is 22.6 Å². The van der Waals surface area contributed by atoms with Gasteiger partial charge in [0.15, 0.2) is 11.5 Å². The molecular formula is C21H27F3N4O2. The summed E-state index contributed by atoms with van der Waals surface area (Å²) >= 11 is 0. The van der Waals surface area contributed by atoms with Crippen molar-refractivity contribution in [2.75, 3.05) is 19.6 Å². The number of nitrogens with zero attached hydrogens (tertiary/aromatic N) is 3. The highest BCUT2D eigenvalue weighted by Gasteiger charge is 2.37. The van der Waals surface area contributed by atoms with Gasteiger partial charge >= 0.3 is 6.18 Å². The third-order valence-electron chi connectivity index (χ3n) is 5.64. The van der Waals surface area contributed by atoms with Gasteiger partial charge in [-0.15, -0.1) is 0 Å². The van der Waals surface area contributed by atoms with Crippen molar-refractivity contribution in [2.24, 2.45) is 0 Å². The summed E-state index contributed by atoms with van der Waals surface area (Å²) in [6.07, 6.45) is 1.50. The van der Waals surface area contributed by atoms with Crippen molar-refractivity contribution in [1.82, 2.24) is 20.0 Å². The van der Waals surface area contributed by atoms with Crippen LogP contribution < -0.4 is 5.32 Å². The lowest BCUT2D eigenvalue weighted by atomic mass is 10.1. The van der Waals surface area contributed by atoms with Crippen LogP contribution in [0.4, 0.5) is 13.2 Å². The fourth-order valence-corrected chi connectivity index (χ4v) is 3.90. The Morgan fingerprint density at radius 1 is 1.20 bits per heavy atom. The smallest absolute Gasteiger partial charge is 0.435 e. The highest BCUT2D eigenvalue weighted by molar-refractivity contribution is 5.91. The fourth-order valence-electron chi connectivity index (χ4n) is 3.90. The standard InChI is InChI=1S/C21H27F3N4O2/c22-21(23,24)19-13-17(15-5-6-15)28(26-19)12-4-9-25-20(29)18-8-7-16(30-18)14-27-10-2-1-3-11-27/h7-8,13,15H,1-6,9-12,14H2,(H,25,29). The summed E-state index contributed by atoms with van der Waals surface area (Å²) in [5.74, 6) is 0.898. The number of amides is 1. The van der Waals surface area contributed by atoms with Crippen molar-refractivity contribution in [2.45, 2.75) is 63.7 Å². The molecule has 1 aliphatic heterocycles. The second-order valence-corrected chi connectivity index (χ2v) is 8.16. The molecule has 3 heterocycles. The topological polar surface area (TPSA) is 63.3 Å². The third kappa shape index (κ3) is 5.24. The molecule has 1 saturated carbocycles. The molecule has 6 nitrogen and oxygen atoms in total. The van der Waals surface area contributed by atoms with Crippen molar-refractivity contribution in [3.8, 4) is 0 Å². The predicted molar refractivity (Wildman–Crippen MR) is 104 cm³/mol. The second kappa shape index (κ2) is 8.83. The van der Waals surface area contributed by atoms with Crippen molar-refractivity contribution >= 4 is 5.91 Å². The highest BCUT2D eigenvalue weighted by atomic mass is 19.4. The average molecular weight is 424 g/mol. The summed E-state index contributed by atoms with van der Waals surface area (Å²) in [6.45, 7) is 3.48. The lowest BCUT2D eigenvalue weighted by Crippen LogP contribution is -2.29. The number of carbonyl (C=O) groups is 1. The lowest BCUT2D eigenvalue weighted by molar-refractivity contribution is -0.141. The van der Waals surface area contributed by atoms with Crippen LogP contribution in [0.2, 0.25) is 0 Å². The van der Waals surface area contributed by atoms with Crippen LogP contribution in [-0.2, 0) is 19.3 Å². The molecule has 0 atom stereocenters. The number of furan rings is 1. The number of nitrogens with one attached hydrogen (secondary N) is 1. The molecule has 2 aromatic rings. The van der Waals surface area contributed by atoms with Gasteiger partial charge in [0, 0.05) is 24.7 Å². The molecule has 2 fully saturated rings. The van der Waals surface area contributed by atoms with E-state index in [1.807, 2.05) is 6.07 Å². The molecule has 0 unspecified atom stereocenters. The van der Waals surface area contributed by atoms with E-state index in [4.69, 9.17) is 4.42 Å². The first-order chi connectivity index (χ1) is 14.4. The molecule has 0 aromatic carbocycles. The highest BCUT2D eigenvalue weighted by Crippen LogP contribution is 2.42. The second-order valence-electron chi connectivity index (χ2n) is 8.16. The van der Waals surface area contributed by atoms with E-state index in [1.165, 1.54) is 23.9 Å². The van der Waals surface area contributed by atoms with Crippen LogP contribution in [-0.4, -0.2) is 40.2 Å². The first kappa shape index (κ1) is 21.0. The number of hydrogen-bond donors (Lipinski definition) is 1. The average Bonchev–Trinajstić information content (AvgIpc) is 3.28. The number of carbonyl (C=O) groups excluding carboxylic acids is 1. The van der Waals surface area contributed by atoms with Gasteiger partial charge in [-0.1, -0.05) is 6.42 Å².